The molecule has 22 heavy (non-hydrogen) atoms. The first-order chi connectivity index (χ1) is 10.6. The number of ether oxygens (including phenoxy) is 1. The molecule has 2 rings (SSSR count). The number of benzene rings is 2. The van der Waals surface area contributed by atoms with Crippen LogP contribution in [-0.2, 0) is 11.2 Å². The van der Waals surface area contributed by atoms with Crippen molar-refractivity contribution in [2.45, 2.75) is 26.4 Å². The summed E-state index contributed by atoms with van der Waals surface area (Å²) in [6.07, 6.45) is 0.256. The Kier molecular flexibility index (Phi) is 5.16. The van der Waals surface area contributed by atoms with Crippen LogP contribution < -0.4 is 10.1 Å². The number of carbonyl (C=O) groups is 1. The molecule has 0 radical (unpaired) electrons. The van der Waals surface area contributed by atoms with Gasteiger partial charge in [0.05, 0.1) is 11.3 Å². The molecule has 0 saturated heterocycles. The highest BCUT2D eigenvalue weighted by Crippen LogP contribution is 2.17. The number of amides is 1. The van der Waals surface area contributed by atoms with Gasteiger partial charge < -0.3 is 10.1 Å². The minimum absolute atomic E-state index is 0.287. The summed E-state index contributed by atoms with van der Waals surface area (Å²) in [5, 5.41) is 11.8. The molecule has 112 valence electrons. The summed E-state index contributed by atoms with van der Waals surface area (Å²) < 4.78 is 5.67. The molecule has 4 heteroatoms. The van der Waals surface area contributed by atoms with E-state index in [0.29, 0.717) is 17.0 Å². The molecule has 4 nitrogen and oxygen atoms in total. The van der Waals surface area contributed by atoms with Gasteiger partial charge in [0, 0.05) is 0 Å². The topological polar surface area (TPSA) is 62.1 Å². The Labute approximate surface area is 130 Å². The molecule has 1 amide bonds. The molecule has 0 aromatic heterocycles. The lowest BCUT2D eigenvalue weighted by Crippen LogP contribution is -2.30. The number of nitrogens with one attached hydrogen (secondary N) is 1. The molecule has 0 aliphatic rings. The normalized spacial score (nSPS) is 11.3. The summed E-state index contributed by atoms with van der Waals surface area (Å²) in [5.74, 6) is 0.375. The van der Waals surface area contributed by atoms with Crippen molar-refractivity contribution < 1.29 is 9.53 Å². The van der Waals surface area contributed by atoms with Crippen molar-refractivity contribution in [1.82, 2.24) is 0 Å². The zero-order valence-corrected chi connectivity index (χ0v) is 12.7. The Morgan fingerprint density at radius 2 is 2.05 bits per heavy atom. The van der Waals surface area contributed by atoms with Crippen LogP contribution >= 0.6 is 0 Å². The van der Waals surface area contributed by atoms with Crippen molar-refractivity contribution in [3.05, 3.63) is 59.7 Å². The zero-order valence-electron chi connectivity index (χ0n) is 12.7. The summed E-state index contributed by atoms with van der Waals surface area (Å²) >= 11 is 0. The fraction of sp³-hybridized carbons (Fsp3) is 0.222. The summed E-state index contributed by atoms with van der Waals surface area (Å²) in [6.45, 7) is 3.75. The largest absolute Gasteiger partial charge is 0.481 e. The van der Waals surface area contributed by atoms with Crippen LogP contribution in [0.1, 0.15) is 25.0 Å². The third-order valence-electron chi connectivity index (χ3n) is 3.29. The first kappa shape index (κ1) is 15.6. The Bertz CT molecular complexity index is 704. The summed E-state index contributed by atoms with van der Waals surface area (Å²) in [7, 11) is 0. The van der Waals surface area contributed by atoms with Crippen LogP contribution in [0, 0.1) is 11.3 Å². The minimum atomic E-state index is -0.654. The third kappa shape index (κ3) is 3.86. The minimum Gasteiger partial charge on any atom is -0.481 e. The Balaban J connectivity index is 2.04. The molecule has 1 atom stereocenters. The van der Waals surface area contributed by atoms with Crippen molar-refractivity contribution in [3.63, 3.8) is 0 Å². The van der Waals surface area contributed by atoms with Crippen molar-refractivity contribution >= 4 is 11.6 Å². The van der Waals surface area contributed by atoms with Crippen molar-refractivity contribution in [1.29, 1.82) is 5.26 Å². The Morgan fingerprint density at radius 1 is 1.27 bits per heavy atom. The fourth-order valence-corrected chi connectivity index (χ4v) is 2.02. The van der Waals surface area contributed by atoms with E-state index < -0.39 is 6.10 Å². The second kappa shape index (κ2) is 7.28. The third-order valence-corrected chi connectivity index (χ3v) is 3.29. The lowest BCUT2D eigenvalue weighted by Gasteiger charge is -2.15. The van der Waals surface area contributed by atoms with Crippen LogP contribution in [0.2, 0.25) is 0 Å². The number of para-hydroxylation sites is 1. The van der Waals surface area contributed by atoms with E-state index in [-0.39, 0.29) is 5.91 Å². The van der Waals surface area contributed by atoms with E-state index in [0.717, 1.165) is 12.0 Å². The van der Waals surface area contributed by atoms with Crippen molar-refractivity contribution in [2.75, 3.05) is 5.32 Å². The smallest absolute Gasteiger partial charge is 0.265 e. The number of rotatable bonds is 5. The van der Waals surface area contributed by atoms with Gasteiger partial charge in [-0.25, -0.2) is 0 Å². The summed E-state index contributed by atoms with van der Waals surface area (Å²) in [6, 6.07) is 16.6. The van der Waals surface area contributed by atoms with Gasteiger partial charge in [0.25, 0.3) is 5.91 Å². The van der Waals surface area contributed by atoms with Crippen molar-refractivity contribution in [2.24, 2.45) is 0 Å². The maximum absolute atomic E-state index is 12.2. The Morgan fingerprint density at radius 3 is 2.77 bits per heavy atom. The van der Waals surface area contributed by atoms with Gasteiger partial charge in [0.1, 0.15) is 11.8 Å². The van der Waals surface area contributed by atoms with Gasteiger partial charge in [-0.05, 0) is 43.2 Å². The van der Waals surface area contributed by atoms with Crippen LogP contribution in [0.4, 0.5) is 5.69 Å². The maximum Gasteiger partial charge on any atom is 0.265 e. The first-order valence-electron chi connectivity index (χ1n) is 7.19. The van der Waals surface area contributed by atoms with E-state index in [4.69, 9.17) is 10.00 Å². The summed E-state index contributed by atoms with van der Waals surface area (Å²) in [4.78, 5) is 12.2. The van der Waals surface area contributed by atoms with E-state index in [1.54, 1.807) is 31.2 Å². The standard InChI is InChI=1S/C18H18N2O2/c1-3-14-7-6-9-16(11-14)22-13(2)18(21)20-17-10-5-4-8-15(17)12-19/h4-11,13H,3H2,1-2H3,(H,20,21)/t13-/m1/s1. The molecule has 2 aromatic rings. The molecule has 0 saturated carbocycles. The average molecular weight is 294 g/mol. The highest BCUT2D eigenvalue weighted by atomic mass is 16.5. The van der Waals surface area contributed by atoms with Crippen LogP contribution in [0.5, 0.6) is 5.75 Å². The number of hydrogen-bond acceptors (Lipinski definition) is 3. The van der Waals surface area contributed by atoms with E-state index in [9.17, 15) is 4.79 Å². The molecule has 2 aromatic carbocycles. The predicted molar refractivity (Wildman–Crippen MR) is 85.7 cm³/mol. The van der Waals surface area contributed by atoms with Crippen LogP contribution in [0.25, 0.3) is 0 Å². The van der Waals surface area contributed by atoms with E-state index in [1.165, 1.54) is 0 Å². The van der Waals surface area contributed by atoms with Gasteiger partial charge in [0.2, 0.25) is 0 Å². The van der Waals surface area contributed by atoms with E-state index >= 15 is 0 Å². The van der Waals surface area contributed by atoms with Crippen LogP contribution in [0.15, 0.2) is 48.5 Å². The molecule has 0 bridgehead atoms. The summed E-state index contributed by atoms with van der Waals surface area (Å²) in [5.41, 5.74) is 2.07. The molecule has 0 unspecified atom stereocenters. The number of aryl methyl sites for hydroxylation is 1. The van der Waals surface area contributed by atoms with Gasteiger partial charge >= 0.3 is 0 Å². The molecule has 0 spiro atoms. The van der Waals surface area contributed by atoms with Gasteiger partial charge in [-0.1, -0.05) is 31.2 Å². The van der Waals surface area contributed by atoms with E-state index in [2.05, 4.69) is 12.2 Å². The Hall–Kier alpha value is -2.80. The fourth-order valence-electron chi connectivity index (χ4n) is 2.02. The zero-order chi connectivity index (χ0) is 15.9. The molecule has 0 fully saturated rings. The first-order valence-corrected chi connectivity index (χ1v) is 7.19. The molecular weight excluding hydrogens is 276 g/mol. The molecule has 0 heterocycles. The van der Waals surface area contributed by atoms with Crippen LogP contribution in [-0.4, -0.2) is 12.0 Å². The van der Waals surface area contributed by atoms with E-state index in [1.807, 2.05) is 30.3 Å². The van der Waals surface area contributed by atoms with Gasteiger partial charge in [-0.2, -0.15) is 5.26 Å². The van der Waals surface area contributed by atoms with Gasteiger partial charge in [0.15, 0.2) is 6.10 Å². The molecular formula is C18H18N2O2. The number of nitrogens with zero attached hydrogens (tertiary/aromatic N) is 1. The predicted octanol–water partition coefficient (Wildman–Crippen LogP) is 3.53. The number of anilines is 1. The maximum atomic E-state index is 12.2. The highest BCUT2D eigenvalue weighted by molar-refractivity contribution is 5.95. The van der Waals surface area contributed by atoms with Gasteiger partial charge in [-0.3, -0.25) is 4.79 Å². The van der Waals surface area contributed by atoms with Crippen molar-refractivity contribution in [3.8, 4) is 11.8 Å². The molecule has 1 N–H and O–H groups in total. The molecule has 0 aliphatic carbocycles. The quantitative estimate of drug-likeness (QED) is 0.917. The van der Waals surface area contributed by atoms with Gasteiger partial charge in [-0.15, -0.1) is 0 Å². The average Bonchev–Trinajstić information content (AvgIpc) is 2.55. The number of hydrogen-bond donors (Lipinski definition) is 1. The SMILES string of the molecule is CCc1cccc(O[C@H](C)C(=O)Nc2ccccc2C#N)c1. The second-order valence-corrected chi connectivity index (χ2v) is 4.91. The lowest BCUT2D eigenvalue weighted by atomic mass is 10.1. The molecule has 0 aliphatic heterocycles. The lowest BCUT2D eigenvalue weighted by molar-refractivity contribution is -0.122. The highest BCUT2D eigenvalue weighted by Gasteiger charge is 2.16. The number of carbonyl (C=O) groups excluding carboxylic acids is 1. The number of nitriles is 1. The second-order valence-electron chi connectivity index (χ2n) is 4.91. The van der Waals surface area contributed by atoms with Crippen LogP contribution in [0.3, 0.4) is 0 Å². The monoisotopic (exact) mass is 294 g/mol.